The minimum Gasteiger partial charge on any atom is -0.384 e. The number of carbonyl (C=O) groups excluding carboxylic acids is 3. The summed E-state index contributed by atoms with van der Waals surface area (Å²) >= 11 is 0. The van der Waals surface area contributed by atoms with Crippen LogP contribution in [0.1, 0.15) is 39.0 Å². The Kier molecular flexibility index (Phi) is 7.83. The van der Waals surface area contributed by atoms with Gasteiger partial charge in [-0.25, -0.2) is 0 Å². The molecule has 37 heavy (non-hydrogen) atoms. The molecule has 1 atom stereocenters. The molecule has 0 fully saturated rings. The zero-order valence-corrected chi connectivity index (χ0v) is 20.4. The number of fused-ring (bicyclic) bond motifs is 1. The lowest BCUT2D eigenvalue weighted by Gasteiger charge is -2.24. The van der Waals surface area contributed by atoms with Gasteiger partial charge in [0, 0.05) is 36.4 Å². The van der Waals surface area contributed by atoms with Crippen LogP contribution >= 0.6 is 0 Å². The molecule has 0 bridgehead atoms. The van der Waals surface area contributed by atoms with Crippen LogP contribution in [0.15, 0.2) is 72.8 Å². The van der Waals surface area contributed by atoms with Gasteiger partial charge >= 0.3 is 0 Å². The Balaban J connectivity index is 1.49. The molecule has 7 N–H and O–H groups in total. The van der Waals surface area contributed by atoms with Crippen LogP contribution in [0.25, 0.3) is 0 Å². The highest BCUT2D eigenvalue weighted by atomic mass is 16.2. The van der Waals surface area contributed by atoms with E-state index in [2.05, 4.69) is 10.6 Å². The second-order valence-electron chi connectivity index (χ2n) is 9.03. The van der Waals surface area contributed by atoms with Crippen molar-refractivity contribution in [1.82, 2.24) is 10.2 Å². The molecule has 1 aliphatic heterocycles. The molecule has 0 saturated carbocycles. The van der Waals surface area contributed by atoms with E-state index in [0.29, 0.717) is 42.9 Å². The first-order valence-electron chi connectivity index (χ1n) is 12.0. The minimum atomic E-state index is -0.812. The Hall–Kier alpha value is -4.66. The van der Waals surface area contributed by atoms with Crippen molar-refractivity contribution in [2.45, 2.75) is 32.0 Å². The summed E-state index contributed by atoms with van der Waals surface area (Å²) in [5.74, 6) is -1.07. The summed E-state index contributed by atoms with van der Waals surface area (Å²) in [7, 11) is 0. The van der Waals surface area contributed by atoms with E-state index in [1.807, 2.05) is 36.4 Å². The third-order valence-electron chi connectivity index (χ3n) is 6.31. The third kappa shape index (κ3) is 6.52. The smallest absolute Gasteiger partial charge is 0.251 e. The molecule has 0 saturated heterocycles. The molecule has 3 aromatic carbocycles. The third-order valence-corrected chi connectivity index (χ3v) is 6.31. The Morgan fingerprint density at radius 3 is 2.35 bits per heavy atom. The summed E-state index contributed by atoms with van der Waals surface area (Å²) in [5.41, 5.74) is 15.4. The topological polar surface area (TPSA) is 154 Å². The lowest BCUT2D eigenvalue weighted by atomic mass is 10.1. The highest BCUT2D eigenvalue weighted by Crippen LogP contribution is 2.26. The van der Waals surface area contributed by atoms with Gasteiger partial charge in [-0.15, -0.1) is 0 Å². The molecule has 4 rings (SSSR count). The number of anilines is 1. The molecule has 0 spiro atoms. The number of amides is 3. The summed E-state index contributed by atoms with van der Waals surface area (Å²) in [6.45, 7) is 1.15. The maximum atomic E-state index is 13.3. The van der Waals surface area contributed by atoms with Crippen LogP contribution in [0, 0.1) is 5.41 Å². The molecule has 0 aliphatic carbocycles. The van der Waals surface area contributed by atoms with Crippen molar-refractivity contribution >= 4 is 29.2 Å². The lowest BCUT2D eigenvalue weighted by molar-refractivity contribution is -0.134. The number of amidine groups is 1. The van der Waals surface area contributed by atoms with Crippen molar-refractivity contribution in [3.8, 4) is 0 Å². The van der Waals surface area contributed by atoms with Gasteiger partial charge < -0.3 is 27.0 Å². The number of carbonyl (C=O) groups is 3. The van der Waals surface area contributed by atoms with Gasteiger partial charge in [-0.05, 0) is 35.2 Å². The van der Waals surface area contributed by atoms with E-state index in [1.54, 1.807) is 41.3 Å². The second kappa shape index (κ2) is 11.4. The molecule has 3 aromatic rings. The van der Waals surface area contributed by atoms with Crippen molar-refractivity contribution in [2.75, 3.05) is 11.9 Å². The van der Waals surface area contributed by atoms with Gasteiger partial charge in [0.2, 0.25) is 11.8 Å². The van der Waals surface area contributed by atoms with E-state index in [9.17, 15) is 14.4 Å². The molecule has 1 aliphatic rings. The van der Waals surface area contributed by atoms with Crippen molar-refractivity contribution in [2.24, 2.45) is 11.5 Å². The molecular formula is C28H30N6O3. The van der Waals surface area contributed by atoms with Gasteiger partial charge in [0.05, 0.1) is 6.42 Å². The van der Waals surface area contributed by atoms with Gasteiger partial charge in [-0.1, -0.05) is 60.7 Å². The number of nitrogens with zero attached hydrogens (tertiary/aromatic N) is 1. The molecule has 9 heteroatoms. The summed E-state index contributed by atoms with van der Waals surface area (Å²) in [6, 6.07) is 21.4. The predicted molar refractivity (Wildman–Crippen MR) is 142 cm³/mol. The molecule has 3 amide bonds. The first-order chi connectivity index (χ1) is 17.8. The Morgan fingerprint density at radius 1 is 0.973 bits per heavy atom. The molecule has 1 heterocycles. The quantitative estimate of drug-likeness (QED) is 0.226. The van der Waals surface area contributed by atoms with Crippen molar-refractivity contribution in [3.05, 3.63) is 101 Å². The van der Waals surface area contributed by atoms with Crippen LogP contribution < -0.4 is 22.1 Å². The maximum absolute atomic E-state index is 13.3. The van der Waals surface area contributed by atoms with E-state index in [0.717, 1.165) is 16.7 Å². The van der Waals surface area contributed by atoms with E-state index >= 15 is 0 Å². The number of primary amides is 1. The van der Waals surface area contributed by atoms with E-state index in [-0.39, 0.29) is 24.1 Å². The van der Waals surface area contributed by atoms with Crippen molar-refractivity contribution in [3.63, 3.8) is 0 Å². The molecule has 0 radical (unpaired) electrons. The predicted octanol–water partition coefficient (Wildman–Crippen LogP) is 2.14. The van der Waals surface area contributed by atoms with E-state index in [4.69, 9.17) is 16.9 Å². The van der Waals surface area contributed by atoms with Gasteiger partial charge in [-0.3, -0.25) is 19.8 Å². The van der Waals surface area contributed by atoms with Gasteiger partial charge in [-0.2, -0.15) is 0 Å². The van der Waals surface area contributed by atoms with Gasteiger partial charge in [0.25, 0.3) is 5.91 Å². The number of hydrogen-bond acceptors (Lipinski definition) is 5. The van der Waals surface area contributed by atoms with Crippen LogP contribution in [0.5, 0.6) is 0 Å². The Morgan fingerprint density at radius 2 is 1.68 bits per heavy atom. The van der Waals surface area contributed by atoms with E-state index < -0.39 is 11.9 Å². The number of nitrogens with one attached hydrogen (secondary N) is 3. The summed E-state index contributed by atoms with van der Waals surface area (Å²) < 4.78 is 0. The highest BCUT2D eigenvalue weighted by Gasteiger charge is 2.30. The fourth-order valence-electron chi connectivity index (χ4n) is 4.27. The monoisotopic (exact) mass is 498 g/mol. The minimum absolute atomic E-state index is 0.0141. The Bertz CT molecular complexity index is 1310. The van der Waals surface area contributed by atoms with Crippen LogP contribution in [0.2, 0.25) is 0 Å². The second-order valence-corrected chi connectivity index (χ2v) is 9.03. The zero-order chi connectivity index (χ0) is 26.4. The summed E-state index contributed by atoms with van der Waals surface area (Å²) in [6.07, 6.45) is 0.534. The van der Waals surface area contributed by atoms with Crippen LogP contribution in [0.4, 0.5) is 5.69 Å². The largest absolute Gasteiger partial charge is 0.384 e. The van der Waals surface area contributed by atoms with Crippen LogP contribution in [-0.4, -0.2) is 41.0 Å². The van der Waals surface area contributed by atoms with Gasteiger partial charge in [0.1, 0.15) is 11.9 Å². The van der Waals surface area contributed by atoms with E-state index in [1.165, 1.54) is 0 Å². The SMILES string of the molecule is N=C(N)c1ccc(CNC(=O)c2ccc3c(c2)NC(CC(N)=O)C(=O)N(CCc2ccccc2)C3)cc1. The molecule has 9 nitrogen and oxygen atoms in total. The van der Waals surface area contributed by atoms with Crippen LogP contribution in [-0.2, 0) is 29.1 Å². The number of nitrogens with two attached hydrogens (primary N) is 2. The van der Waals surface area contributed by atoms with Crippen LogP contribution in [0.3, 0.4) is 0 Å². The Labute approximate surface area is 215 Å². The normalized spacial score (nSPS) is 14.8. The van der Waals surface area contributed by atoms with Crippen molar-refractivity contribution < 1.29 is 14.4 Å². The van der Waals surface area contributed by atoms with Crippen molar-refractivity contribution in [1.29, 1.82) is 5.41 Å². The first kappa shape index (κ1) is 25.4. The summed E-state index contributed by atoms with van der Waals surface area (Å²) in [5, 5.41) is 13.5. The first-order valence-corrected chi connectivity index (χ1v) is 12.0. The maximum Gasteiger partial charge on any atom is 0.251 e. The number of nitrogen functional groups attached to an aromatic ring is 1. The molecule has 190 valence electrons. The zero-order valence-electron chi connectivity index (χ0n) is 20.4. The lowest BCUT2D eigenvalue weighted by Crippen LogP contribution is -2.43. The molecular weight excluding hydrogens is 468 g/mol. The molecule has 1 unspecified atom stereocenters. The average Bonchev–Trinajstić information content (AvgIpc) is 3.02. The highest BCUT2D eigenvalue weighted by molar-refractivity contribution is 5.97. The summed E-state index contributed by atoms with van der Waals surface area (Å²) in [4.78, 5) is 39.6. The standard InChI is InChI=1S/C28H30N6O3/c29-25(35)15-24-28(37)34(13-12-18-4-2-1-3-5-18)17-22-11-10-21(14-23(22)33-24)27(36)32-16-19-6-8-20(9-7-19)26(30)31/h1-11,14,24,33H,12-13,15-17H2,(H2,29,35)(H3,30,31)(H,32,36). The number of benzene rings is 3. The number of rotatable bonds is 9. The van der Waals surface area contributed by atoms with Gasteiger partial charge in [0.15, 0.2) is 0 Å². The number of hydrogen-bond donors (Lipinski definition) is 5. The fraction of sp³-hybridized carbons (Fsp3) is 0.214. The fourth-order valence-corrected chi connectivity index (χ4v) is 4.27. The average molecular weight is 499 g/mol. The molecule has 0 aromatic heterocycles.